The number of rotatable bonds is 2. The average molecular weight is 234 g/mol. The van der Waals surface area contributed by atoms with Gasteiger partial charge < -0.3 is 4.57 Å². The molecule has 1 aromatic rings. The fourth-order valence-electron chi connectivity index (χ4n) is 3.52. The normalized spacial score (nSPS) is 29.5. The molecular weight excluding hydrogens is 212 g/mol. The Morgan fingerprint density at radius 1 is 1.18 bits per heavy atom. The van der Waals surface area contributed by atoms with Gasteiger partial charge in [0.15, 0.2) is 0 Å². The van der Waals surface area contributed by atoms with Gasteiger partial charge in [0, 0.05) is 13.1 Å². The predicted octanol–water partition coefficient (Wildman–Crippen LogP) is 1.89. The van der Waals surface area contributed by atoms with E-state index in [1.54, 1.807) is 0 Å². The SMILES string of the molecule is Cc1nnc(CN2CCCC3CCCC32)n1C. The van der Waals surface area contributed by atoms with Crippen LogP contribution < -0.4 is 0 Å². The van der Waals surface area contributed by atoms with Crippen LogP contribution in [0, 0.1) is 12.8 Å². The molecule has 3 rings (SSSR count). The molecular formula is C13H22N4. The van der Waals surface area contributed by atoms with Gasteiger partial charge in [-0.1, -0.05) is 6.42 Å². The van der Waals surface area contributed by atoms with Gasteiger partial charge >= 0.3 is 0 Å². The summed E-state index contributed by atoms with van der Waals surface area (Å²) < 4.78 is 2.12. The first-order valence-corrected chi connectivity index (χ1v) is 6.84. The van der Waals surface area contributed by atoms with Crippen molar-refractivity contribution in [2.75, 3.05) is 6.54 Å². The molecule has 0 N–H and O–H groups in total. The highest BCUT2D eigenvalue weighted by Crippen LogP contribution is 2.37. The lowest BCUT2D eigenvalue weighted by atomic mass is 9.92. The van der Waals surface area contributed by atoms with Crippen LogP contribution >= 0.6 is 0 Å². The molecule has 0 amide bonds. The molecule has 4 heteroatoms. The number of likely N-dealkylation sites (tertiary alicyclic amines) is 1. The lowest BCUT2D eigenvalue weighted by Crippen LogP contribution is -2.42. The Morgan fingerprint density at radius 2 is 2.00 bits per heavy atom. The molecule has 2 heterocycles. The van der Waals surface area contributed by atoms with Crippen molar-refractivity contribution in [3.63, 3.8) is 0 Å². The third-order valence-electron chi connectivity index (χ3n) is 4.64. The maximum atomic E-state index is 4.29. The van der Waals surface area contributed by atoms with Gasteiger partial charge in [-0.3, -0.25) is 4.90 Å². The van der Waals surface area contributed by atoms with E-state index in [0.717, 1.165) is 30.2 Å². The van der Waals surface area contributed by atoms with E-state index in [-0.39, 0.29) is 0 Å². The van der Waals surface area contributed by atoms with E-state index in [1.807, 2.05) is 6.92 Å². The number of hydrogen-bond acceptors (Lipinski definition) is 3. The first-order chi connectivity index (χ1) is 8.25. The molecule has 2 aliphatic rings. The van der Waals surface area contributed by atoms with Crippen LogP contribution in [0.25, 0.3) is 0 Å². The molecule has 17 heavy (non-hydrogen) atoms. The average Bonchev–Trinajstić information content (AvgIpc) is 2.91. The number of fused-ring (bicyclic) bond motifs is 1. The van der Waals surface area contributed by atoms with Crippen LogP contribution in [0.2, 0.25) is 0 Å². The highest BCUT2D eigenvalue weighted by atomic mass is 15.3. The summed E-state index contributed by atoms with van der Waals surface area (Å²) in [5.74, 6) is 3.09. The van der Waals surface area contributed by atoms with Crippen molar-refractivity contribution in [3.8, 4) is 0 Å². The topological polar surface area (TPSA) is 34.0 Å². The minimum Gasteiger partial charge on any atom is -0.317 e. The summed E-state index contributed by atoms with van der Waals surface area (Å²) in [4.78, 5) is 2.64. The van der Waals surface area contributed by atoms with E-state index in [0.29, 0.717) is 0 Å². The van der Waals surface area contributed by atoms with Gasteiger partial charge in [0.1, 0.15) is 11.6 Å². The van der Waals surface area contributed by atoms with Gasteiger partial charge in [0.2, 0.25) is 0 Å². The van der Waals surface area contributed by atoms with Crippen molar-refractivity contribution >= 4 is 0 Å². The smallest absolute Gasteiger partial charge is 0.146 e. The fraction of sp³-hybridized carbons (Fsp3) is 0.846. The van der Waals surface area contributed by atoms with Gasteiger partial charge in [-0.05, 0) is 45.1 Å². The molecule has 0 bridgehead atoms. The molecule has 2 unspecified atom stereocenters. The number of nitrogens with zero attached hydrogens (tertiary/aromatic N) is 4. The molecule has 0 radical (unpaired) electrons. The molecule has 0 spiro atoms. The molecule has 1 saturated carbocycles. The van der Waals surface area contributed by atoms with Gasteiger partial charge in [-0.15, -0.1) is 10.2 Å². The van der Waals surface area contributed by atoms with Gasteiger partial charge in [-0.25, -0.2) is 0 Å². The number of hydrogen-bond donors (Lipinski definition) is 0. The lowest BCUT2D eigenvalue weighted by Gasteiger charge is -2.37. The number of aryl methyl sites for hydroxylation is 1. The van der Waals surface area contributed by atoms with Crippen molar-refractivity contribution < 1.29 is 0 Å². The Balaban J connectivity index is 1.74. The van der Waals surface area contributed by atoms with Crippen LogP contribution in [0.5, 0.6) is 0 Å². The Labute approximate surface area is 103 Å². The summed E-state index contributed by atoms with van der Waals surface area (Å²) in [6.45, 7) is 4.25. The third kappa shape index (κ3) is 1.99. The van der Waals surface area contributed by atoms with E-state index in [1.165, 1.54) is 38.6 Å². The van der Waals surface area contributed by atoms with E-state index >= 15 is 0 Å². The minimum atomic E-state index is 0.820. The lowest BCUT2D eigenvalue weighted by molar-refractivity contribution is 0.102. The zero-order valence-corrected chi connectivity index (χ0v) is 10.9. The summed E-state index contributed by atoms with van der Waals surface area (Å²) in [6.07, 6.45) is 7.06. The second-order valence-electron chi connectivity index (χ2n) is 5.59. The maximum Gasteiger partial charge on any atom is 0.146 e. The van der Waals surface area contributed by atoms with Crippen LogP contribution in [0.1, 0.15) is 43.8 Å². The summed E-state index contributed by atoms with van der Waals surface area (Å²) in [5.41, 5.74) is 0. The molecule has 1 aliphatic carbocycles. The van der Waals surface area contributed by atoms with Crippen molar-refractivity contribution in [2.45, 2.75) is 51.6 Å². The van der Waals surface area contributed by atoms with Crippen LogP contribution in [-0.2, 0) is 13.6 Å². The first kappa shape index (κ1) is 11.2. The number of piperidine rings is 1. The highest BCUT2D eigenvalue weighted by Gasteiger charge is 2.35. The first-order valence-electron chi connectivity index (χ1n) is 6.84. The van der Waals surface area contributed by atoms with Crippen molar-refractivity contribution in [1.82, 2.24) is 19.7 Å². The molecule has 2 fully saturated rings. The van der Waals surface area contributed by atoms with Gasteiger partial charge in [0.05, 0.1) is 6.54 Å². The van der Waals surface area contributed by atoms with E-state index in [4.69, 9.17) is 0 Å². The summed E-state index contributed by atoms with van der Waals surface area (Å²) in [5, 5.41) is 8.45. The Morgan fingerprint density at radius 3 is 2.76 bits per heavy atom. The molecule has 94 valence electrons. The zero-order chi connectivity index (χ0) is 11.8. The molecule has 1 aliphatic heterocycles. The highest BCUT2D eigenvalue weighted by molar-refractivity contribution is 4.96. The predicted molar refractivity (Wildman–Crippen MR) is 66.5 cm³/mol. The van der Waals surface area contributed by atoms with Crippen molar-refractivity contribution in [1.29, 1.82) is 0 Å². The quantitative estimate of drug-likeness (QED) is 0.783. The maximum absolute atomic E-state index is 4.29. The van der Waals surface area contributed by atoms with Crippen LogP contribution in [0.15, 0.2) is 0 Å². The Bertz CT molecular complexity index is 398. The van der Waals surface area contributed by atoms with E-state index in [9.17, 15) is 0 Å². The van der Waals surface area contributed by atoms with Crippen LogP contribution in [0.4, 0.5) is 0 Å². The molecule has 1 saturated heterocycles. The monoisotopic (exact) mass is 234 g/mol. The Kier molecular flexibility index (Phi) is 2.90. The summed E-state index contributed by atoms with van der Waals surface area (Å²) >= 11 is 0. The second kappa shape index (κ2) is 4.41. The van der Waals surface area contributed by atoms with Gasteiger partial charge in [0.25, 0.3) is 0 Å². The molecule has 2 atom stereocenters. The molecule has 4 nitrogen and oxygen atoms in total. The van der Waals surface area contributed by atoms with Crippen molar-refractivity contribution in [3.05, 3.63) is 11.6 Å². The zero-order valence-electron chi connectivity index (χ0n) is 10.9. The minimum absolute atomic E-state index is 0.820. The third-order valence-corrected chi connectivity index (χ3v) is 4.64. The largest absolute Gasteiger partial charge is 0.317 e. The number of aromatic nitrogens is 3. The van der Waals surface area contributed by atoms with E-state index in [2.05, 4.69) is 26.7 Å². The summed E-state index contributed by atoms with van der Waals surface area (Å²) in [6, 6.07) is 0.820. The van der Waals surface area contributed by atoms with Gasteiger partial charge in [-0.2, -0.15) is 0 Å². The van der Waals surface area contributed by atoms with Crippen LogP contribution in [0.3, 0.4) is 0 Å². The van der Waals surface area contributed by atoms with Crippen LogP contribution in [-0.4, -0.2) is 32.3 Å². The molecule has 1 aromatic heterocycles. The van der Waals surface area contributed by atoms with Crippen molar-refractivity contribution in [2.24, 2.45) is 13.0 Å². The molecule has 0 aromatic carbocycles. The standard InChI is InChI=1S/C13H22N4/c1-10-14-15-13(16(10)2)9-17-8-4-6-11-5-3-7-12(11)17/h11-12H,3-9H2,1-2H3. The summed E-state index contributed by atoms with van der Waals surface area (Å²) in [7, 11) is 2.07. The fourth-order valence-corrected chi connectivity index (χ4v) is 3.52. The Hall–Kier alpha value is -0.900. The second-order valence-corrected chi connectivity index (χ2v) is 5.59. The van der Waals surface area contributed by atoms with E-state index < -0.39 is 0 Å².